The highest BCUT2D eigenvalue weighted by atomic mass is 16.7. The molecule has 2 aliphatic heterocycles. The molecule has 12 nitrogen and oxygen atoms in total. The number of phenols is 2. The molecule has 7 atom stereocenters. The smallest absolute Gasteiger partial charge is 0.337 e. The van der Waals surface area contributed by atoms with Crippen LogP contribution in [0.3, 0.4) is 0 Å². The highest BCUT2D eigenvalue weighted by molar-refractivity contribution is 5.92. The molecule has 2 fully saturated rings. The molecule has 1 aromatic carbocycles. The Morgan fingerprint density at radius 2 is 1.78 bits per heavy atom. The first-order valence-corrected chi connectivity index (χ1v) is 11.4. The van der Waals surface area contributed by atoms with E-state index in [2.05, 4.69) is 0 Å². The normalized spacial score (nSPS) is 30.9. The van der Waals surface area contributed by atoms with Crippen molar-refractivity contribution in [2.24, 2.45) is 0 Å². The Hall–Kier alpha value is -3.26. The second kappa shape index (κ2) is 12.3. The number of cyclic esters (lactones) is 1. The van der Waals surface area contributed by atoms with Crippen molar-refractivity contribution in [2.45, 2.75) is 56.8 Å². The number of phenolic OH excluding ortho intramolecular Hbond substituents is 2. The van der Waals surface area contributed by atoms with Gasteiger partial charge in [0.2, 0.25) is 0 Å². The molecule has 12 heteroatoms. The van der Waals surface area contributed by atoms with E-state index in [1.807, 2.05) is 0 Å². The molecule has 6 N–H and O–H groups in total. The molecule has 0 amide bonds. The lowest BCUT2D eigenvalue weighted by molar-refractivity contribution is -0.299. The highest BCUT2D eigenvalue weighted by Gasteiger charge is 2.45. The quantitative estimate of drug-likeness (QED) is 0.113. The van der Waals surface area contributed by atoms with Crippen LogP contribution in [0.2, 0.25) is 0 Å². The topological polar surface area (TPSA) is 192 Å². The summed E-state index contributed by atoms with van der Waals surface area (Å²) in [6.07, 6.45) is -4.44. The first-order chi connectivity index (χ1) is 17.5. The van der Waals surface area contributed by atoms with Gasteiger partial charge < -0.3 is 49.6 Å². The number of benzene rings is 1. The van der Waals surface area contributed by atoms with Gasteiger partial charge in [-0.25, -0.2) is 9.59 Å². The second-order valence-corrected chi connectivity index (χ2v) is 8.78. The highest BCUT2D eigenvalue weighted by Crippen LogP contribution is 2.26. The predicted molar refractivity (Wildman–Crippen MR) is 126 cm³/mol. The van der Waals surface area contributed by atoms with E-state index in [-0.39, 0.29) is 23.7 Å². The summed E-state index contributed by atoms with van der Waals surface area (Å²) in [5, 5.41) is 59.7. The molecule has 202 valence electrons. The summed E-state index contributed by atoms with van der Waals surface area (Å²) in [6.45, 7) is 2.78. The third kappa shape index (κ3) is 7.16. The van der Waals surface area contributed by atoms with Gasteiger partial charge in [-0.05, 0) is 49.8 Å². The van der Waals surface area contributed by atoms with Gasteiger partial charge in [-0.3, -0.25) is 0 Å². The second-order valence-electron chi connectivity index (χ2n) is 8.78. The van der Waals surface area contributed by atoms with E-state index in [1.165, 1.54) is 30.4 Å². The monoisotopic (exact) mass is 522 g/mol. The van der Waals surface area contributed by atoms with Crippen molar-refractivity contribution in [2.75, 3.05) is 13.2 Å². The molecule has 0 radical (unpaired) electrons. The lowest BCUT2D eigenvalue weighted by Crippen LogP contribution is -2.59. The Balaban J connectivity index is 1.55. The molecule has 2 heterocycles. The lowest BCUT2D eigenvalue weighted by atomic mass is 9.99. The van der Waals surface area contributed by atoms with Crippen LogP contribution < -0.4 is 0 Å². The molecule has 0 aliphatic carbocycles. The molecule has 0 saturated carbocycles. The van der Waals surface area contributed by atoms with Crippen molar-refractivity contribution < 1.29 is 59.2 Å². The molecule has 0 unspecified atom stereocenters. The molecule has 2 saturated heterocycles. The van der Waals surface area contributed by atoms with E-state index >= 15 is 0 Å². The van der Waals surface area contributed by atoms with E-state index in [1.54, 1.807) is 19.9 Å². The van der Waals surface area contributed by atoms with E-state index in [9.17, 15) is 40.2 Å². The first kappa shape index (κ1) is 28.3. The number of hydrogen-bond acceptors (Lipinski definition) is 12. The Morgan fingerprint density at radius 1 is 1.05 bits per heavy atom. The molecular weight excluding hydrogens is 492 g/mol. The number of ether oxygens (including phenoxy) is 4. The number of hydrogen-bond donors (Lipinski definition) is 6. The van der Waals surface area contributed by atoms with Crippen LogP contribution in [-0.4, -0.2) is 98.7 Å². The third-order valence-electron chi connectivity index (χ3n) is 5.64. The SMILES string of the molecule is CC(C)=C[C@H]1OC(=O)/C(=C/CO[C@@H]2O[C@H](COC(=O)/C=C/c3ccc(O)c(O)c3)[C@@H](O)[C@H](O)[C@H]2O)[C@@H]1O. The largest absolute Gasteiger partial charge is 0.504 e. The fraction of sp³-hybridized carbons (Fsp3) is 0.440. The van der Waals surface area contributed by atoms with Crippen molar-refractivity contribution in [3.63, 3.8) is 0 Å². The van der Waals surface area contributed by atoms with Gasteiger partial charge in [0.05, 0.1) is 12.2 Å². The van der Waals surface area contributed by atoms with Crippen LogP contribution in [0.15, 0.2) is 47.6 Å². The van der Waals surface area contributed by atoms with E-state index in [0.717, 1.165) is 11.6 Å². The van der Waals surface area contributed by atoms with E-state index < -0.39 is 61.5 Å². The average molecular weight is 523 g/mol. The minimum atomic E-state index is -1.69. The predicted octanol–water partition coefficient (Wildman–Crippen LogP) is -0.343. The van der Waals surface area contributed by atoms with Crippen LogP contribution in [0.5, 0.6) is 11.5 Å². The summed E-state index contributed by atoms with van der Waals surface area (Å²) >= 11 is 0. The van der Waals surface area contributed by atoms with Gasteiger partial charge in [-0.1, -0.05) is 11.6 Å². The molecule has 0 spiro atoms. The average Bonchev–Trinajstić information content (AvgIpc) is 3.10. The summed E-state index contributed by atoms with van der Waals surface area (Å²) in [4.78, 5) is 24.1. The molecule has 1 aromatic rings. The number of aliphatic hydroxyl groups excluding tert-OH is 4. The Bertz CT molecular complexity index is 1070. The van der Waals surface area contributed by atoms with Crippen LogP contribution >= 0.6 is 0 Å². The minimum Gasteiger partial charge on any atom is -0.504 e. The number of aromatic hydroxyl groups is 2. The van der Waals surface area contributed by atoms with Gasteiger partial charge >= 0.3 is 11.9 Å². The molecule has 0 bridgehead atoms. The Kier molecular flexibility index (Phi) is 9.43. The summed E-state index contributed by atoms with van der Waals surface area (Å²) < 4.78 is 21.0. The van der Waals surface area contributed by atoms with Crippen LogP contribution in [0.1, 0.15) is 19.4 Å². The standard InChI is InChI=1S/C25H30O12/c1-12(2)9-17-20(29)14(24(33)36-17)7-8-34-25-23(32)22(31)21(30)18(37-25)11-35-19(28)6-4-13-3-5-15(26)16(27)10-13/h3-7,9-10,17-18,20-23,25-27,29-32H,8,11H2,1-2H3/b6-4+,14-7+/t17-,18-,20+,21-,22+,23-,25-/m1/s1. The van der Waals surface area contributed by atoms with Crippen LogP contribution in [0, 0.1) is 0 Å². The van der Waals surface area contributed by atoms with Gasteiger partial charge in [-0.15, -0.1) is 0 Å². The van der Waals surface area contributed by atoms with Crippen LogP contribution in [0.25, 0.3) is 6.08 Å². The summed E-state index contributed by atoms with van der Waals surface area (Å²) in [5.41, 5.74) is 1.22. The third-order valence-corrected chi connectivity index (χ3v) is 5.64. The number of allylic oxidation sites excluding steroid dienone is 1. The van der Waals surface area contributed by atoms with Gasteiger partial charge in [0, 0.05) is 6.08 Å². The van der Waals surface area contributed by atoms with Gasteiger partial charge in [-0.2, -0.15) is 0 Å². The van der Waals surface area contributed by atoms with Gasteiger partial charge in [0.1, 0.15) is 37.1 Å². The molecular formula is C25H30O12. The van der Waals surface area contributed by atoms with Crippen molar-refractivity contribution in [1.29, 1.82) is 0 Å². The fourth-order valence-corrected chi connectivity index (χ4v) is 3.66. The molecule has 0 aromatic heterocycles. The zero-order chi connectivity index (χ0) is 27.3. The lowest BCUT2D eigenvalue weighted by Gasteiger charge is -2.39. The minimum absolute atomic E-state index is 0.0346. The summed E-state index contributed by atoms with van der Waals surface area (Å²) in [7, 11) is 0. The Morgan fingerprint density at radius 3 is 2.46 bits per heavy atom. The zero-order valence-corrected chi connectivity index (χ0v) is 20.1. The number of aliphatic hydroxyl groups is 4. The number of carbonyl (C=O) groups is 2. The maximum Gasteiger partial charge on any atom is 0.337 e. The Labute approximate surface area is 212 Å². The van der Waals surface area contributed by atoms with Crippen LogP contribution in [-0.2, 0) is 28.5 Å². The number of carbonyl (C=O) groups excluding carboxylic acids is 2. The maximum atomic E-state index is 12.0. The van der Waals surface area contributed by atoms with Crippen molar-refractivity contribution in [3.05, 3.63) is 53.1 Å². The van der Waals surface area contributed by atoms with Crippen molar-refractivity contribution >= 4 is 18.0 Å². The molecule has 2 aliphatic rings. The summed E-state index contributed by atoms with van der Waals surface area (Å²) in [6, 6.07) is 3.93. The maximum absolute atomic E-state index is 12.0. The number of esters is 2. The molecule has 37 heavy (non-hydrogen) atoms. The zero-order valence-electron chi connectivity index (χ0n) is 20.1. The van der Waals surface area contributed by atoms with Crippen molar-refractivity contribution in [1.82, 2.24) is 0 Å². The van der Waals surface area contributed by atoms with E-state index in [0.29, 0.717) is 5.56 Å². The number of rotatable bonds is 8. The van der Waals surface area contributed by atoms with Crippen molar-refractivity contribution in [3.8, 4) is 11.5 Å². The van der Waals surface area contributed by atoms with E-state index in [4.69, 9.17) is 18.9 Å². The van der Waals surface area contributed by atoms with Crippen LogP contribution in [0.4, 0.5) is 0 Å². The summed E-state index contributed by atoms with van der Waals surface area (Å²) in [5.74, 6) is -2.23. The first-order valence-electron chi connectivity index (χ1n) is 11.4. The fourth-order valence-electron chi connectivity index (χ4n) is 3.66. The molecule has 3 rings (SSSR count). The van der Waals surface area contributed by atoms with Gasteiger partial charge in [0.15, 0.2) is 23.9 Å². The van der Waals surface area contributed by atoms with Gasteiger partial charge in [0.25, 0.3) is 0 Å².